The number of pyridine rings is 1. The predicted molar refractivity (Wildman–Crippen MR) is 96.0 cm³/mol. The predicted octanol–water partition coefficient (Wildman–Crippen LogP) is 3.87. The molecule has 0 fully saturated rings. The van der Waals surface area contributed by atoms with Crippen molar-refractivity contribution in [3.63, 3.8) is 0 Å². The molecule has 0 saturated carbocycles. The molecular weight excluding hydrogens is 300 g/mol. The maximum absolute atomic E-state index is 11.6. The van der Waals surface area contributed by atoms with Gasteiger partial charge >= 0.3 is 5.97 Å². The van der Waals surface area contributed by atoms with Crippen molar-refractivity contribution in [3.8, 4) is 0 Å². The Labute approximate surface area is 141 Å². The Morgan fingerprint density at radius 1 is 1.12 bits per heavy atom. The Balaban J connectivity index is 1.89. The molecule has 1 aromatic heterocycles. The molecule has 0 aliphatic rings. The molecule has 0 radical (unpaired) electrons. The Morgan fingerprint density at radius 2 is 1.88 bits per heavy atom. The molecule has 3 rings (SSSR count). The quantitative estimate of drug-likeness (QED) is 0.725. The van der Waals surface area contributed by atoms with Gasteiger partial charge in [0.15, 0.2) is 0 Å². The molecule has 0 amide bonds. The van der Waals surface area contributed by atoms with E-state index in [9.17, 15) is 4.79 Å². The van der Waals surface area contributed by atoms with Gasteiger partial charge in [-0.3, -0.25) is 9.78 Å². The van der Waals surface area contributed by atoms with Gasteiger partial charge in [-0.1, -0.05) is 48.0 Å². The van der Waals surface area contributed by atoms with Crippen molar-refractivity contribution < 1.29 is 9.53 Å². The molecule has 4 heteroatoms. The van der Waals surface area contributed by atoms with Gasteiger partial charge in [-0.15, -0.1) is 0 Å². The Bertz CT molecular complexity index is 857. The number of fused-ring (bicyclic) bond motifs is 1. The average molecular weight is 320 g/mol. The van der Waals surface area contributed by atoms with E-state index < -0.39 is 0 Å². The highest BCUT2D eigenvalue weighted by molar-refractivity contribution is 5.92. The van der Waals surface area contributed by atoms with Gasteiger partial charge in [0.05, 0.1) is 24.7 Å². The van der Waals surface area contributed by atoms with E-state index in [0.29, 0.717) is 12.2 Å². The zero-order valence-electron chi connectivity index (χ0n) is 13.9. The number of nitrogens with zero attached hydrogens (tertiary/aromatic N) is 1. The SMILES string of the molecule is COC(=O)Cc1cc(NCc2ccc(C)cc2)c2ccccc2n1. The first kappa shape index (κ1) is 16.0. The fourth-order valence-electron chi connectivity index (χ4n) is 2.59. The number of benzene rings is 2. The highest BCUT2D eigenvalue weighted by Crippen LogP contribution is 2.24. The van der Waals surface area contributed by atoms with E-state index in [0.717, 1.165) is 16.6 Å². The fraction of sp³-hybridized carbons (Fsp3) is 0.200. The minimum Gasteiger partial charge on any atom is -0.469 e. The van der Waals surface area contributed by atoms with Gasteiger partial charge in [0.25, 0.3) is 0 Å². The number of methoxy groups -OCH3 is 1. The van der Waals surface area contributed by atoms with Crippen LogP contribution in [0.5, 0.6) is 0 Å². The molecule has 122 valence electrons. The van der Waals surface area contributed by atoms with Crippen molar-refractivity contribution in [2.24, 2.45) is 0 Å². The van der Waals surface area contributed by atoms with Gasteiger partial charge < -0.3 is 10.1 Å². The topological polar surface area (TPSA) is 51.2 Å². The van der Waals surface area contributed by atoms with Gasteiger partial charge in [0.2, 0.25) is 0 Å². The first-order valence-electron chi connectivity index (χ1n) is 7.90. The van der Waals surface area contributed by atoms with Gasteiger partial charge in [-0.25, -0.2) is 0 Å². The van der Waals surface area contributed by atoms with Crippen LogP contribution in [0.3, 0.4) is 0 Å². The number of carbonyl (C=O) groups excluding carboxylic acids is 1. The van der Waals surface area contributed by atoms with E-state index in [1.165, 1.54) is 18.2 Å². The molecule has 0 unspecified atom stereocenters. The summed E-state index contributed by atoms with van der Waals surface area (Å²) >= 11 is 0. The van der Waals surface area contributed by atoms with Crippen LogP contribution < -0.4 is 5.32 Å². The lowest BCUT2D eigenvalue weighted by Gasteiger charge is -2.12. The number of nitrogens with one attached hydrogen (secondary N) is 1. The first-order chi connectivity index (χ1) is 11.7. The van der Waals surface area contributed by atoms with Crippen LogP contribution in [0.25, 0.3) is 10.9 Å². The van der Waals surface area contributed by atoms with Gasteiger partial charge in [0.1, 0.15) is 0 Å². The number of aryl methyl sites for hydroxylation is 1. The van der Waals surface area contributed by atoms with E-state index in [-0.39, 0.29) is 12.4 Å². The van der Waals surface area contributed by atoms with Crippen molar-refractivity contribution in [2.45, 2.75) is 19.9 Å². The van der Waals surface area contributed by atoms with Crippen molar-refractivity contribution in [3.05, 3.63) is 71.4 Å². The highest BCUT2D eigenvalue weighted by atomic mass is 16.5. The monoisotopic (exact) mass is 320 g/mol. The van der Waals surface area contributed by atoms with Crippen LogP contribution >= 0.6 is 0 Å². The molecule has 4 nitrogen and oxygen atoms in total. The number of anilines is 1. The van der Waals surface area contributed by atoms with Crippen LogP contribution in [0.2, 0.25) is 0 Å². The van der Waals surface area contributed by atoms with Crippen LogP contribution in [-0.2, 0) is 22.5 Å². The Hall–Kier alpha value is -2.88. The van der Waals surface area contributed by atoms with Crippen molar-refractivity contribution in [2.75, 3.05) is 12.4 Å². The zero-order chi connectivity index (χ0) is 16.9. The summed E-state index contributed by atoms with van der Waals surface area (Å²) in [7, 11) is 1.39. The lowest BCUT2D eigenvalue weighted by Crippen LogP contribution is -2.08. The molecule has 0 bridgehead atoms. The summed E-state index contributed by atoms with van der Waals surface area (Å²) in [6, 6.07) is 18.3. The van der Waals surface area contributed by atoms with E-state index in [2.05, 4.69) is 41.5 Å². The largest absolute Gasteiger partial charge is 0.469 e. The molecule has 1 N–H and O–H groups in total. The normalized spacial score (nSPS) is 10.6. The average Bonchev–Trinajstić information content (AvgIpc) is 2.61. The number of esters is 1. The number of rotatable bonds is 5. The van der Waals surface area contributed by atoms with Crippen LogP contribution in [0.15, 0.2) is 54.6 Å². The van der Waals surface area contributed by atoms with Gasteiger partial charge in [-0.2, -0.15) is 0 Å². The van der Waals surface area contributed by atoms with Gasteiger partial charge in [-0.05, 0) is 24.6 Å². The summed E-state index contributed by atoms with van der Waals surface area (Å²) in [5, 5.41) is 4.50. The Morgan fingerprint density at radius 3 is 2.62 bits per heavy atom. The number of aromatic nitrogens is 1. The Kier molecular flexibility index (Phi) is 4.75. The summed E-state index contributed by atoms with van der Waals surface area (Å²) in [6.07, 6.45) is 0.167. The maximum atomic E-state index is 11.6. The van der Waals surface area contributed by atoms with Crippen LogP contribution in [-0.4, -0.2) is 18.1 Å². The smallest absolute Gasteiger partial charge is 0.311 e. The van der Waals surface area contributed by atoms with Crippen LogP contribution in [0.4, 0.5) is 5.69 Å². The first-order valence-corrected chi connectivity index (χ1v) is 7.90. The second kappa shape index (κ2) is 7.13. The lowest BCUT2D eigenvalue weighted by atomic mass is 10.1. The summed E-state index contributed by atoms with van der Waals surface area (Å²) in [6.45, 7) is 2.79. The minimum absolute atomic E-state index is 0.167. The third-order valence-corrected chi connectivity index (χ3v) is 3.93. The molecule has 0 aliphatic carbocycles. The van der Waals surface area contributed by atoms with Crippen molar-refractivity contribution >= 4 is 22.6 Å². The molecule has 0 saturated heterocycles. The zero-order valence-corrected chi connectivity index (χ0v) is 13.9. The molecule has 0 spiro atoms. The molecule has 3 aromatic rings. The van der Waals surface area contributed by atoms with Gasteiger partial charge in [0, 0.05) is 17.6 Å². The van der Waals surface area contributed by atoms with Crippen molar-refractivity contribution in [1.29, 1.82) is 0 Å². The summed E-state index contributed by atoms with van der Waals surface area (Å²) in [5.74, 6) is -0.290. The number of para-hydroxylation sites is 1. The second-order valence-corrected chi connectivity index (χ2v) is 5.77. The molecule has 24 heavy (non-hydrogen) atoms. The molecule has 0 atom stereocenters. The molecular formula is C20H20N2O2. The highest BCUT2D eigenvalue weighted by Gasteiger charge is 2.09. The number of hydrogen-bond donors (Lipinski definition) is 1. The summed E-state index contributed by atoms with van der Waals surface area (Å²) in [4.78, 5) is 16.1. The number of hydrogen-bond acceptors (Lipinski definition) is 4. The van der Waals surface area contributed by atoms with E-state index in [4.69, 9.17) is 4.74 Å². The third-order valence-electron chi connectivity index (χ3n) is 3.93. The molecule has 1 heterocycles. The lowest BCUT2D eigenvalue weighted by molar-refractivity contribution is -0.139. The summed E-state index contributed by atoms with van der Waals surface area (Å²) < 4.78 is 4.75. The van der Waals surface area contributed by atoms with Crippen LogP contribution in [0, 0.1) is 6.92 Å². The maximum Gasteiger partial charge on any atom is 0.311 e. The second-order valence-electron chi connectivity index (χ2n) is 5.77. The van der Waals surface area contributed by atoms with E-state index >= 15 is 0 Å². The molecule has 2 aromatic carbocycles. The van der Waals surface area contributed by atoms with E-state index in [1.807, 2.05) is 30.3 Å². The minimum atomic E-state index is -0.290. The van der Waals surface area contributed by atoms with Crippen LogP contribution in [0.1, 0.15) is 16.8 Å². The number of carbonyl (C=O) groups is 1. The fourth-order valence-corrected chi connectivity index (χ4v) is 2.59. The molecule has 0 aliphatic heterocycles. The number of ether oxygens (including phenoxy) is 1. The van der Waals surface area contributed by atoms with E-state index in [1.54, 1.807) is 0 Å². The summed E-state index contributed by atoms with van der Waals surface area (Å²) in [5.41, 5.74) is 4.99. The standard InChI is InChI=1S/C20H20N2O2/c1-14-7-9-15(10-8-14)13-21-19-11-16(12-20(23)24-2)22-18-6-4-3-5-17(18)19/h3-11H,12-13H2,1-2H3,(H,21,22). The van der Waals surface area contributed by atoms with Crippen molar-refractivity contribution in [1.82, 2.24) is 4.98 Å². The third kappa shape index (κ3) is 3.71.